The van der Waals surface area contributed by atoms with Gasteiger partial charge in [-0.25, -0.2) is 4.79 Å². The first-order chi connectivity index (χ1) is 9.89. The van der Waals surface area contributed by atoms with Gasteiger partial charge in [0.15, 0.2) is 0 Å². The van der Waals surface area contributed by atoms with Crippen LogP contribution in [-0.2, 0) is 11.2 Å². The fourth-order valence-corrected chi connectivity index (χ4v) is 2.43. The molecule has 2 N–H and O–H groups in total. The van der Waals surface area contributed by atoms with Crippen LogP contribution in [0.1, 0.15) is 12.5 Å². The second-order valence-corrected chi connectivity index (χ2v) is 6.42. The average Bonchev–Trinajstić information content (AvgIpc) is 2.44. The minimum Gasteiger partial charge on any atom is -0.480 e. The van der Waals surface area contributed by atoms with E-state index in [2.05, 4.69) is 21.2 Å². The Balaban J connectivity index is 2.21. The van der Waals surface area contributed by atoms with Crippen molar-refractivity contribution in [3.63, 3.8) is 0 Å². The summed E-state index contributed by atoms with van der Waals surface area (Å²) in [5.41, 5.74) is 0.577. The molecule has 0 bridgehead atoms. The quantitative estimate of drug-likeness (QED) is 0.811. The van der Waals surface area contributed by atoms with E-state index < -0.39 is 11.5 Å². The van der Waals surface area contributed by atoms with Gasteiger partial charge in [-0.1, -0.05) is 39.7 Å². The molecule has 1 atom stereocenters. The largest absolute Gasteiger partial charge is 0.480 e. The van der Waals surface area contributed by atoms with Crippen LogP contribution in [0.5, 0.6) is 0 Å². The number of aliphatic carboxylic acids is 1. The van der Waals surface area contributed by atoms with E-state index in [-0.39, 0.29) is 0 Å². The lowest BCUT2D eigenvalue weighted by molar-refractivity contribution is -0.141. The molecular weight excluding hydrogens is 354 g/mol. The van der Waals surface area contributed by atoms with E-state index in [1.165, 1.54) is 0 Å². The van der Waals surface area contributed by atoms with Crippen LogP contribution in [0.2, 0.25) is 5.02 Å². The molecule has 2 rings (SSSR count). The van der Waals surface area contributed by atoms with Crippen LogP contribution in [0, 0.1) is 0 Å². The summed E-state index contributed by atoms with van der Waals surface area (Å²) < 4.78 is 0.947. The number of hydrogen-bond donors (Lipinski definition) is 2. The predicted molar refractivity (Wildman–Crippen MR) is 89.0 cm³/mol. The van der Waals surface area contributed by atoms with Gasteiger partial charge in [0.2, 0.25) is 0 Å². The highest BCUT2D eigenvalue weighted by molar-refractivity contribution is 9.10. The predicted octanol–water partition coefficient (Wildman–Crippen LogP) is 4.60. The van der Waals surface area contributed by atoms with Gasteiger partial charge in [0.1, 0.15) is 5.54 Å². The molecule has 5 heteroatoms. The zero-order valence-corrected chi connectivity index (χ0v) is 13.8. The van der Waals surface area contributed by atoms with E-state index >= 15 is 0 Å². The maximum atomic E-state index is 11.7. The van der Waals surface area contributed by atoms with E-state index in [1.54, 1.807) is 19.1 Å². The Kier molecular flexibility index (Phi) is 4.91. The molecule has 0 aliphatic heterocycles. The Morgan fingerprint density at radius 2 is 1.76 bits per heavy atom. The van der Waals surface area contributed by atoms with Crippen molar-refractivity contribution in [3.05, 3.63) is 63.6 Å². The summed E-state index contributed by atoms with van der Waals surface area (Å²) in [7, 11) is 0. The number of carboxylic acids is 1. The third-order valence-corrected chi connectivity index (χ3v) is 3.99. The molecule has 0 amide bonds. The zero-order chi connectivity index (χ0) is 15.5. The number of carbonyl (C=O) groups is 1. The van der Waals surface area contributed by atoms with E-state index in [4.69, 9.17) is 11.6 Å². The summed E-state index contributed by atoms with van der Waals surface area (Å²) in [6.07, 6.45) is 0.357. The fraction of sp³-hybridized carbons (Fsp3) is 0.188. The van der Waals surface area contributed by atoms with Crippen molar-refractivity contribution >= 4 is 39.2 Å². The summed E-state index contributed by atoms with van der Waals surface area (Å²) in [6, 6.07) is 14.6. The third-order valence-electron chi connectivity index (χ3n) is 3.21. The number of benzene rings is 2. The summed E-state index contributed by atoms with van der Waals surface area (Å²) in [6.45, 7) is 1.67. The Bertz CT molecular complexity index is 578. The maximum absolute atomic E-state index is 11.7. The van der Waals surface area contributed by atoms with Crippen LogP contribution in [-0.4, -0.2) is 16.6 Å². The number of halogens is 2. The first kappa shape index (κ1) is 15.9. The van der Waals surface area contributed by atoms with Crippen LogP contribution < -0.4 is 5.32 Å². The molecule has 0 aliphatic carbocycles. The number of anilines is 1. The molecule has 0 fully saturated rings. The molecule has 0 saturated heterocycles. The van der Waals surface area contributed by atoms with Crippen molar-refractivity contribution < 1.29 is 9.90 Å². The molecular formula is C16H15BrClNO2. The van der Waals surface area contributed by atoms with Crippen LogP contribution in [0.25, 0.3) is 0 Å². The highest BCUT2D eigenvalue weighted by atomic mass is 79.9. The monoisotopic (exact) mass is 367 g/mol. The SMILES string of the molecule is CC(Cc1ccc(Cl)cc1)(Nc1ccc(Br)cc1)C(=O)O. The van der Waals surface area contributed by atoms with Gasteiger partial charge in [-0.15, -0.1) is 0 Å². The highest BCUT2D eigenvalue weighted by Crippen LogP contribution is 2.23. The Labute approximate surface area is 137 Å². The fourth-order valence-electron chi connectivity index (χ4n) is 2.04. The second kappa shape index (κ2) is 6.50. The lowest BCUT2D eigenvalue weighted by Gasteiger charge is -2.27. The van der Waals surface area contributed by atoms with Gasteiger partial charge in [-0.05, 0) is 48.9 Å². The zero-order valence-electron chi connectivity index (χ0n) is 11.4. The van der Waals surface area contributed by atoms with Crippen LogP contribution >= 0.6 is 27.5 Å². The molecule has 3 nitrogen and oxygen atoms in total. The minimum atomic E-state index is -1.10. The third kappa shape index (κ3) is 4.22. The normalized spacial score (nSPS) is 13.5. The molecule has 0 spiro atoms. The van der Waals surface area contributed by atoms with Crippen LogP contribution in [0.15, 0.2) is 53.0 Å². The second-order valence-electron chi connectivity index (χ2n) is 5.07. The van der Waals surface area contributed by atoms with E-state index in [1.807, 2.05) is 36.4 Å². The molecule has 0 aromatic heterocycles. The molecule has 2 aromatic carbocycles. The Hall–Kier alpha value is -1.52. The van der Waals surface area contributed by atoms with Gasteiger partial charge in [-0.3, -0.25) is 0 Å². The standard InChI is InChI=1S/C16H15BrClNO2/c1-16(15(20)21,10-11-2-6-13(18)7-3-11)19-14-8-4-12(17)5-9-14/h2-9,19H,10H2,1H3,(H,20,21). The number of nitrogens with one attached hydrogen (secondary N) is 1. The summed E-state index contributed by atoms with van der Waals surface area (Å²) in [5.74, 6) is -0.902. The molecule has 1 unspecified atom stereocenters. The smallest absolute Gasteiger partial charge is 0.329 e. The van der Waals surface area contributed by atoms with E-state index in [0.29, 0.717) is 11.4 Å². The summed E-state index contributed by atoms with van der Waals surface area (Å²) in [5, 5.41) is 13.3. The topological polar surface area (TPSA) is 49.3 Å². The Morgan fingerprint density at radius 1 is 1.19 bits per heavy atom. The number of rotatable bonds is 5. The molecule has 0 radical (unpaired) electrons. The molecule has 0 aliphatic rings. The molecule has 0 heterocycles. The maximum Gasteiger partial charge on any atom is 0.329 e. The van der Waals surface area contributed by atoms with Crippen molar-refractivity contribution in [2.45, 2.75) is 18.9 Å². The first-order valence-corrected chi connectivity index (χ1v) is 7.58. The van der Waals surface area contributed by atoms with E-state index in [9.17, 15) is 9.90 Å². The molecule has 0 saturated carbocycles. The van der Waals surface area contributed by atoms with Crippen molar-refractivity contribution in [1.82, 2.24) is 0 Å². The van der Waals surface area contributed by atoms with Crippen molar-refractivity contribution in [2.75, 3.05) is 5.32 Å². The summed E-state index contributed by atoms with van der Waals surface area (Å²) >= 11 is 9.21. The average molecular weight is 369 g/mol. The molecule has 21 heavy (non-hydrogen) atoms. The number of hydrogen-bond acceptors (Lipinski definition) is 2. The highest BCUT2D eigenvalue weighted by Gasteiger charge is 2.33. The molecule has 110 valence electrons. The van der Waals surface area contributed by atoms with Gasteiger partial charge in [0, 0.05) is 21.6 Å². The van der Waals surface area contributed by atoms with Crippen molar-refractivity contribution in [2.24, 2.45) is 0 Å². The lowest BCUT2D eigenvalue weighted by Crippen LogP contribution is -2.45. The summed E-state index contributed by atoms with van der Waals surface area (Å²) in [4.78, 5) is 11.7. The first-order valence-electron chi connectivity index (χ1n) is 6.41. The number of carboxylic acid groups (broad SMARTS) is 1. The van der Waals surface area contributed by atoms with Gasteiger partial charge in [-0.2, -0.15) is 0 Å². The van der Waals surface area contributed by atoms with Crippen LogP contribution in [0.3, 0.4) is 0 Å². The lowest BCUT2D eigenvalue weighted by atomic mass is 9.92. The Morgan fingerprint density at radius 3 is 2.29 bits per heavy atom. The van der Waals surface area contributed by atoms with Gasteiger partial charge >= 0.3 is 5.97 Å². The minimum absolute atomic E-state index is 0.357. The van der Waals surface area contributed by atoms with Gasteiger partial charge < -0.3 is 10.4 Å². The van der Waals surface area contributed by atoms with Gasteiger partial charge in [0.25, 0.3) is 0 Å². The molecule has 2 aromatic rings. The van der Waals surface area contributed by atoms with Gasteiger partial charge in [0.05, 0.1) is 0 Å². The van der Waals surface area contributed by atoms with Crippen molar-refractivity contribution in [3.8, 4) is 0 Å². The van der Waals surface area contributed by atoms with E-state index in [0.717, 1.165) is 15.7 Å². The van der Waals surface area contributed by atoms with Crippen molar-refractivity contribution in [1.29, 1.82) is 0 Å². The van der Waals surface area contributed by atoms with Crippen LogP contribution in [0.4, 0.5) is 5.69 Å².